The zero-order chi connectivity index (χ0) is 8.43. The molecule has 0 fully saturated rings. The van der Waals surface area contributed by atoms with Crippen LogP contribution in [0.3, 0.4) is 0 Å². The van der Waals surface area contributed by atoms with Crippen LogP contribution in [0, 0.1) is 13.8 Å². The highest BCUT2D eigenvalue weighted by Crippen LogP contribution is 2.05. The van der Waals surface area contributed by atoms with Crippen molar-refractivity contribution < 1.29 is 9.90 Å². The van der Waals surface area contributed by atoms with Crippen LogP contribution < -0.4 is 0 Å². The standard InChI is InChI=1S/C8H9NO2/c1-5-3-7(8(10)11)4-9-6(5)2/h3-4H,1-2H3,(H,10,11). The number of nitrogens with zero attached hydrogens (tertiary/aromatic N) is 1. The van der Waals surface area contributed by atoms with Gasteiger partial charge in [-0.3, -0.25) is 4.98 Å². The summed E-state index contributed by atoms with van der Waals surface area (Å²) in [7, 11) is 0. The molecule has 1 heterocycles. The first-order valence-corrected chi connectivity index (χ1v) is 3.28. The number of hydrogen-bond donors (Lipinski definition) is 1. The molecule has 1 aromatic heterocycles. The van der Waals surface area contributed by atoms with E-state index in [-0.39, 0.29) is 5.56 Å². The molecule has 11 heavy (non-hydrogen) atoms. The van der Waals surface area contributed by atoms with E-state index < -0.39 is 5.97 Å². The molecule has 0 amide bonds. The van der Waals surface area contributed by atoms with Gasteiger partial charge in [0.1, 0.15) is 0 Å². The number of carboxylic acid groups (broad SMARTS) is 1. The zero-order valence-corrected chi connectivity index (χ0v) is 6.46. The molecule has 1 aromatic rings. The van der Waals surface area contributed by atoms with E-state index in [0.717, 1.165) is 11.3 Å². The minimum atomic E-state index is -0.930. The monoisotopic (exact) mass is 151 g/mol. The molecule has 0 saturated carbocycles. The lowest BCUT2D eigenvalue weighted by atomic mass is 10.2. The van der Waals surface area contributed by atoms with Crippen molar-refractivity contribution in [2.24, 2.45) is 0 Å². The second-order valence-corrected chi connectivity index (χ2v) is 2.43. The van der Waals surface area contributed by atoms with Gasteiger partial charge in [-0.2, -0.15) is 0 Å². The van der Waals surface area contributed by atoms with Crippen LogP contribution in [0.25, 0.3) is 0 Å². The Kier molecular flexibility index (Phi) is 1.89. The SMILES string of the molecule is Cc1cc(C(=O)O)cnc1C. The summed E-state index contributed by atoms with van der Waals surface area (Å²) in [5.41, 5.74) is 2.02. The average molecular weight is 151 g/mol. The molecule has 0 aliphatic carbocycles. The van der Waals surface area contributed by atoms with E-state index >= 15 is 0 Å². The van der Waals surface area contributed by atoms with Gasteiger partial charge in [-0.15, -0.1) is 0 Å². The third-order valence-corrected chi connectivity index (χ3v) is 1.59. The van der Waals surface area contributed by atoms with E-state index in [0.29, 0.717) is 0 Å². The number of aromatic nitrogens is 1. The Balaban J connectivity index is 3.15. The fourth-order valence-corrected chi connectivity index (χ4v) is 0.760. The van der Waals surface area contributed by atoms with Crippen molar-refractivity contribution in [2.75, 3.05) is 0 Å². The first-order chi connectivity index (χ1) is 5.11. The van der Waals surface area contributed by atoms with E-state index in [1.807, 2.05) is 13.8 Å². The molecule has 0 saturated heterocycles. The van der Waals surface area contributed by atoms with Crippen molar-refractivity contribution in [1.82, 2.24) is 4.98 Å². The van der Waals surface area contributed by atoms with Gasteiger partial charge in [-0.25, -0.2) is 4.79 Å². The lowest BCUT2D eigenvalue weighted by Crippen LogP contribution is -1.99. The second kappa shape index (κ2) is 2.70. The van der Waals surface area contributed by atoms with E-state index in [9.17, 15) is 4.79 Å². The maximum Gasteiger partial charge on any atom is 0.337 e. The smallest absolute Gasteiger partial charge is 0.337 e. The Morgan fingerprint density at radius 1 is 1.55 bits per heavy atom. The third kappa shape index (κ3) is 1.55. The van der Waals surface area contributed by atoms with Crippen LogP contribution in [0.1, 0.15) is 21.6 Å². The predicted molar refractivity (Wildman–Crippen MR) is 40.7 cm³/mol. The maximum atomic E-state index is 10.4. The summed E-state index contributed by atoms with van der Waals surface area (Å²) < 4.78 is 0. The van der Waals surface area contributed by atoms with Crippen LogP contribution in [0.5, 0.6) is 0 Å². The molecule has 0 aliphatic heterocycles. The number of aryl methyl sites for hydroxylation is 2. The highest BCUT2D eigenvalue weighted by atomic mass is 16.4. The topological polar surface area (TPSA) is 50.2 Å². The summed E-state index contributed by atoms with van der Waals surface area (Å²) in [4.78, 5) is 14.3. The van der Waals surface area contributed by atoms with Gasteiger partial charge in [0.25, 0.3) is 0 Å². The molecule has 3 heteroatoms. The van der Waals surface area contributed by atoms with Crippen molar-refractivity contribution in [1.29, 1.82) is 0 Å². The summed E-state index contributed by atoms with van der Waals surface area (Å²) in [6.45, 7) is 3.69. The Bertz CT molecular complexity index is 294. The number of hydrogen-bond acceptors (Lipinski definition) is 2. The van der Waals surface area contributed by atoms with Crippen LogP contribution in [0.2, 0.25) is 0 Å². The lowest BCUT2D eigenvalue weighted by Gasteiger charge is -1.98. The highest BCUT2D eigenvalue weighted by molar-refractivity contribution is 5.87. The number of aromatic carboxylic acids is 1. The first-order valence-electron chi connectivity index (χ1n) is 3.28. The Hall–Kier alpha value is -1.38. The molecule has 1 rings (SSSR count). The van der Waals surface area contributed by atoms with Crippen LogP contribution in [-0.2, 0) is 0 Å². The van der Waals surface area contributed by atoms with E-state index in [1.165, 1.54) is 6.20 Å². The summed E-state index contributed by atoms with van der Waals surface area (Å²) in [5, 5.41) is 8.56. The lowest BCUT2D eigenvalue weighted by molar-refractivity contribution is 0.0696. The number of pyridine rings is 1. The van der Waals surface area contributed by atoms with Crippen molar-refractivity contribution >= 4 is 5.97 Å². The van der Waals surface area contributed by atoms with Gasteiger partial charge < -0.3 is 5.11 Å². The summed E-state index contributed by atoms with van der Waals surface area (Å²) in [6.07, 6.45) is 1.37. The van der Waals surface area contributed by atoms with Crippen LogP contribution in [0.15, 0.2) is 12.3 Å². The third-order valence-electron chi connectivity index (χ3n) is 1.59. The Morgan fingerprint density at radius 2 is 2.18 bits per heavy atom. The second-order valence-electron chi connectivity index (χ2n) is 2.43. The van der Waals surface area contributed by atoms with E-state index in [1.54, 1.807) is 6.07 Å². The molecule has 3 nitrogen and oxygen atoms in total. The van der Waals surface area contributed by atoms with Gasteiger partial charge in [0.2, 0.25) is 0 Å². The van der Waals surface area contributed by atoms with Gasteiger partial charge >= 0.3 is 5.97 Å². The van der Waals surface area contributed by atoms with Crippen LogP contribution >= 0.6 is 0 Å². The summed E-state index contributed by atoms with van der Waals surface area (Å²) in [5.74, 6) is -0.930. The maximum absolute atomic E-state index is 10.4. The molecular weight excluding hydrogens is 142 g/mol. The van der Waals surface area contributed by atoms with Crippen molar-refractivity contribution in [3.05, 3.63) is 29.1 Å². The molecule has 1 N–H and O–H groups in total. The predicted octanol–water partition coefficient (Wildman–Crippen LogP) is 1.40. The Labute approximate surface area is 64.7 Å². The molecule has 0 bridgehead atoms. The van der Waals surface area contributed by atoms with E-state index in [2.05, 4.69) is 4.98 Å². The molecule has 0 aromatic carbocycles. The van der Waals surface area contributed by atoms with Crippen LogP contribution in [0.4, 0.5) is 0 Å². The minimum absolute atomic E-state index is 0.244. The fourth-order valence-electron chi connectivity index (χ4n) is 0.760. The molecule has 0 radical (unpaired) electrons. The number of carbonyl (C=O) groups is 1. The summed E-state index contributed by atoms with van der Waals surface area (Å²) >= 11 is 0. The van der Waals surface area contributed by atoms with E-state index in [4.69, 9.17) is 5.11 Å². The fraction of sp³-hybridized carbons (Fsp3) is 0.250. The number of carboxylic acids is 1. The van der Waals surface area contributed by atoms with Crippen molar-refractivity contribution in [2.45, 2.75) is 13.8 Å². The first kappa shape index (κ1) is 7.72. The summed E-state index contributed by atoms with van der Waals surface area (Å²) in [6, 6.07) is 1.62. The van der Waals surface area contributed by atoms with Gasteiger partial charge in [-0.1, -0.05) is 0 Å². The quantitative estimate of drug-likeness (QED) is 0.659. The Morgan fingerprint density at radius 3 is 2.64 bits per heavy atom. The normalized spacial score (nSPS) is 9.64. The zero-order valence-electron chi connectivity index (χ0n) is 6.46. The average Bonchev–Trinajstić information content (AvgIpc) is 1.94. The van der Waals surface area contributed by atoms with Gasteiger partial charge in [0.15, 0.2) is 0 Å². The molecule has 0 aliphatic rings. The van der Waals surface area contributed by atoms with Crippen molar-refractivity contribution in [3.63, 3.8) is 0 Å². The van der Waals surface area contributed by atoms with Crippen LogP contribution in [-0.4, -0.2) is 16.1 Å². The highest BCUT2D eigenvalue weighted by Gasteiger charge is 2.03. The molecular formula is C8H9NO2. The number of rotatable bonds is 1. The van der Waals surface area contributed by atoms with Crippen molar-refractivity contribution in [3.8, 4) is 0 Å². The minimum Gasteiger partial charge on any atom is -0.478 e. The largest absolute Gasteiger partial charge is 0.478 e. The molecule has 0 spiro atoms. The van der Waals surface area contributed by atoms with Gasteiger partial charge in [0, 0.05) is 11.9 Å². The van der Waals surface area contributed by atoms with Gasteiger partial charge in [-0.05, 0) is 25.5 Å². The molecule has 0 atom stereocenters. The molecule has 58 valence electrons. The van der Waals surface area contributed by atoms with Gasteiger partial charge in [0.05, 0.1) is 5.56 Å². The molecule has 0 unspecified atom stereocenters.